The SMILES string of the molecule is [2H]c1c([2H])c([2H])c2c(c1[2H])N(c1cc(Oc3cc4c(cn3)c3c([2H])c([2H])c([2H])c([2H])c3n4-c3cc(C(C)(C)C)ccn3)cc(C(C)(C)C)c1)CN2c1c(C(C)(C)C)cccc1C(C)(C)C. The van der Waals surface area contributed by atoms with E-state index in [1.165, 1.54) is 0 Å². The number of ether oxygens (including phenoxy) is 1. The molecule has 0 saturated heterocycles. The number of anilines is 4. The molecule has 0 radical (unpaired) electrons. The second kappa shape index (κ2) is 13.5. The Bertz CT molecular complexity index is 3060. The Hall–Kier alpha value is -5.62. The van der Waals surface area contributed by atoms with Crippen molar-refractivity contribution in [1.82, 2.24) is 14.5 Å². The summed E-state index contributed by atoms with van der Waals surface area (Å²) in [7, 11) is 0. The van der Waals surface area contributed by atoms with Gasteiger partial charge >= 0.3 is 0 Å². The first-order chi connectivity index (χ1) is 30.1. The smallest absolute Gasteiger partial charge is 0.221 e. The summed E-state index contributed by atoms with van der Waals surface area (Å²) in [5.41, 5.74) is 5.99. The van der Waals surface area contributed by atoms with Crippen molar-refractivity contribution in [3.05, 3.63) is 138 Å². The number of rotatable bonds is 5. The van der Waals surface area contributed by atoms with Crippen molar-refractivity contribution in [1.29, 1.82) is 0 Å². The van der Waals surface area contributed by atoms with Crippen LogP contribution in [0.5, 0.6) is 11.6 Å². The van der Waals surface area contributed by atoms with Crippen LogP contribution in [0.15, 0.2) is 115 Å². The molecule has 6 heteroatoms. The molecule has 292 valence electrons. The molecule has 0 amide bonds. The molecule has 0 aliphatic carbocycles. The van der Waals surface area contributed by atoms with Gasteiger partial charge in [-0.2, -0.15) is 0 Å². The van der Waals surface area contributed by atoms with Crippen LogP contribution < -0.4 is 14.5 Å². The van der Waals surface area contributed by atoms with E-state index >= 15 is 0 Å². The second-order valence-corrected chi connectivity index (χ2v) is 19.2. The molecule has 0 spiro atoms. The number of hydrogen-bond donors (Lipinski definition) is 0. The zero-order chi connectivity index (χ0) is 47.6. The largest absolute Gasteiger partial charge is 0.439 e. The van der Waals surface area contributed by atoms with Gasteiger partial charge in [-0.3, -0.25) is 4.57 Å². The van der Waals surface area contributed by atoms with E-state index in [1.807, 2.05) is 35.2 Å². The standard InChI is InChI=1S/C51H57N5O/c1-48(2,3)33-24-25-52-45(28-33)56-41-21-14-13-18-37(41)38-31-53-46(30-44(38)56)57-36-27-34(49(4,5)6)26-35(29-36)54-32-55(43-23-16-15-22-42(43)54)47-39(50(7,8)9)19-17-20-40(47)51(10,11)12/h13-31H,32H2,1-12H3/i13D,14D,15D,16D,18D,21D,22D,23D. The number of nitrogens with zero attached hydrogens (tertiary/aromatic N) is 5. The molecule has 4 heterocycles. The van der Waals surface area contributed by atoms with Gasteiger partial charge in [0, 0.05) is 41.0 Å². The molecular formula is C51H57N5O. The molecule has 6 nitrogen and oxygen atoms in total. The lowest BCUT2D eigenvalue weighted by atomic mass is 9.78. The Morgan fingerprint density at radius 2 is 1.23 bits per heavy atom. The molecule has 4 aromatic carbocycles. The molecular weight excluding hydrogens is 699 g/mol. The highest BCUT2D eigenvalue weighted by atomic mass is 16.5. The molecule has 8 rings (SSSR count). The van der Waals surface area contributed by atoms with E-state index < -0.39 is 0 Å². The maximum atomic E-state index is 9.37. The zero-order valence-electron chi connectivity index (χ0n) is 43.2. The van der Waals surface area contributed by atoms with E-state index in [-0.39, 0.29) is 88.1 Å². The van der Waals surface area contributed by atoms with Crippen LogP contribution in [-0.4, -0.2) is 21.2 Å². The van der Waals surface area contributed by atoms with Crippen LogP contribution in [0.4, 0.5) is 22.7 Å². The topological polar surface area (TPSA) is 46.4 Å². The number of fused-ring (bicyclic) bond motifs is 4. The molecule has 57 heavy (non-hydrogen) atoms. The van der Waals surface area contributed by atoms with Gasteiger partial charge in [-0.05, 0) is 86.3 Å². The summed E-state index contributed by atoms with van der Waals surface area (Å²) in [5, 5.41) is 0.842. The molecule has 0 atom stereocenters. The first-order valence-electron chi connectivity index (χ1n) is 23.6. The normalized spacial score (nSPS) is 15.8. The Balaban J connectivity index is 1.34. The lowest BCUT2D eigenvalue weighted by Crippen LogP contribution is -2.30. The number of benzene rings is 4. The van der Waals surface area contributed by atoms with Gasteiger partial charge in [0.15, 0.2) is 0 Å². The van der Waals surface area contributed by atoms with Crippen LogP contribution in [0.1, 0.15) is 116 Å². The summed E-state index contributed by atoms with van der Waals surface area (Å²) in [4.78, 5) is 13.5. The van der Waals surface area contributed by atoms with Gasteiger partial charge in [-0.15, -0.1) is 0 Å². The summed E-state index contributed by atoms with van der Waals surface area (Å²) >= 11 is 0. The maximum Gasteiger partial charge on any atom is 0.221 e. The first kappa shape index (κ1) is 29.6. The van der Waals surface area contributed by atoms with Crippen molar-refractivity contribution in [2.24, 2.45) is 0 Å². The highest BCUT2D eigenvalue weighted by molar-refractivity contribution is 6.09. The predicted molar refractivity (Wildman–Crippen MR) is 240 cm³/mol. The van der Waals surface area contributed by atoms with Crippen LogP contribution in [0.25, 0.3) is 27.6 Å². The number of pyridine rings is 2. The fourth-order valence-corrected chi connectivity index (χ4v) is 7.66. The molecule has 7 aromatic rings. The summed E-state index contributed by atoms with van der Waals surface area (Å²) in [5.74, 6) is 1.13. The van der Waals surface area contributed by atoms with E-state index in [4.69, 9.17) is 22.9 Å². The van der Waals surface area contributed by atoms with E-state index in [0.29, 0.717) is 44.9 Å². The Kier molecular flexibility index (Phi) is 7.01. The summed E-state index contributed by atoms with van der Waals surface area (Å²) < 4.78 is 80.1. The van der Waals surface area contributed by atoms with E-state index in [9.17, 15) is 2.74 Å². The van der Waals surface area contributed by atoms with E-state index in [1.54, 1.807) is 23.0 Å². The van der Waals surface area contributed by atoms with Gasteiger partial charge in [0.05, 0.1) is 39.1 Å². The van der Waals surface area contributed by atoms with Crippen LogP contribution >= 0.6 is 0 Å². The summed E-state index contributed by atoms with van der Waals surface area (Å²) in [6.07, 6.45) is 3.29. The van der Waals surface area contributed by atoms with Gasteiger partial charge < -0.3 is 14.5 Å². The van der Waals surface area contributed by atoms with Crippen LogP contribution in [-0.2, 0) is 21.7 Å². The van der Waals surface area contributed by atoms with Crippen molar-refractivity contribution in [2.75, 3.05) is 16.5 Å². The molecule has 0 fully saturated rings. The van der Waals surface area contributed by atoms with Crippen LogP contribution in [0, 0.1) is 0 Å². The number of hydrogen-bond acceptors (Lipinski definition) is 5. The van der Waals surface area contributed by atoms with E-state index in [0.717, 1.165) is 27.9 Å². The minimum absolute atomic E-state index is 0.118. The molecule has 3 aromatic heterocycles. The highest BCUT2D eigenvalue weighted by Crippen LogP contribution is 2.50. The third kappa shape index (κ3) is 7.04. The van der Waals surface area contributed by atoms with Gasteiger partial charge in [-0.25, -0.2) is 9.97 Å². The molecule has 1 aliphatic heterocycles. The van der Waals surface area contributed by atoms with Crippen LogP contribution in [0.3, 0.4) is 0 Å². The van der Waals surface area contributed by atoms with E-state index in [2.05, 4.69) is 106 Å². The highest BCUT2D eigenvalue weighted by Gasteiger charge is 2.35. The van der Waals surface area contributed by atoms with Gasteiger partial charge in [0.1, 0.15) is 18.2 Å². The Morgan fingerprint density at radius 1 is 0.596 bits per heavy atom. The van der Waals surface area contributed by atoms with Crippen molar-refractivity contribution >= 4 is 44.6 Å². The Morgan fingerprint density at radius 3 is 1.88 bits per heavy atom. The predicted octanol–water partition coefficient (Wildman–Crippen LogP) is 13.8. The molecule has 1 aliphatic rings. The van der Waals surface area contributed by atoms with Crippen molar-refractivity contribution in [3.63, 3.8) is 0 Å². The second-order valence-electron chi connectivity index (χ2n) is 19.2. The van der Waals surface area contributed by atoms with Crippen molar-refractivity contribution in [3.8, 4) is 17.4 Å². The third-order valence-electron chi connectivity index (χ3n) is 10.8. The first-order valence-corrected chi connectivity index (χ1v) is 19.6. The van der Waals surface area contributed by atoms with Gasteiger partial charge in [0.25, 0.3) is 0 Å². The lowest BCUT2D eigenvalue weighted by molar-refractivity contribution is 0.460. The number of para-hydroxylation sites is 4. The third-order valence-corrected chi connectivity index (χ3v) is 10.8. The molecule has 0 unspecified atom stereocenters. The maximum absolute atomic E-state index is 9.37. The minimum atomic E-state index is -0.380. The summed E-state index contributed by atoms with van der Waals surface area (Å²) in [6, 6.07) is 15.8. The monoisotopic (exact) mass is 764 g/mol. The average Bonchev–Trinajstić information content (AvgIpc) is 3.79. The fraction of sp³-hybridized carbons (Fsp3) is 0.333. The summed E-state index contributed by atoms with van der Waals surface area (Å²) in [6.45, 7) is 25.7. The van der Waals surface area contributed by atoms with Gasteiger partial charge in [0.2, 0.25) is 5.88 Å². The van der Waals surface area contributed by atoms with Gasteiger partial charge in [-0.1, -0.05) is 131 Å². The molecule has 0 bridgehead atoms. The zero-order valence-corrected chi connectivity index (χ0v) is 35.2. The number of aromatic nitrogens is 3. The molecule has 0 saturated carbocycles. The lowest BCUT2D eigenvalue weighted by Gasteiger charge is -2.35. The van der Waals surface area contributed by atoms with Crippen molar-refractivity contribution < 1.29 is 15.7 Å². The quantitative estimate of drug-likeness (QED) is 0.175. The minimum Gasteiger partial charge on any atom is -0.439 e. The molecule has 0 N–H and O–H groups in total. The Labute approximate surface area is 350 Å². The van der Waals surface area contributed by atoms with Crippen LogP contribution in [0.2, 0.25) is 0 Å². The van der Waals surface area contributed by atoms with Crippen molar-refractivity contribution in [2.45, 2.75) is 105 Å². The average molecular weight is 764 g/mol. The fourth-order valence-electron chi connectivity index (χ4n) is 7.66.